The average molecular weight is 1090 g/mol. The van der Waals surface area contributed by atoms with Gasteiger partial charge >= 0.3 is 5.97 Å². The van der Waals surface area contributed by atoms with Crippen LogP contribution in [-0.4, -0.2) is 69.4 Å². The second-order valence-electron chi connectivity index (χ2n) is 22.9. The van der Waals surface area contributed by atoms with E-state index in [1.165, 1.54) is 167 Å². The maximum absolute atomic E-state index is 13.5. The van der Waals surface area contributed by atoms with Crippen LogP contribution in [0.2, 0.25) is 0 Å². The first kappa shape index (κ1) is 73.7. The number of carbonyl (C=O) groups excluding carboxylic acids is 2. The summed E-state index contributed by atoms with van der Waals surface area (Å²) in [7, 11) is 1.18. The molecule has 0 aliphatic carbocycles. The Morgan fingerprint density at radius 2 is 0.803 bits per heavy atom. The number of nitrogens with one attached hydrogen (secondary N) is 1. The largest absolute Gasteiger partial charge is 0.756 e. The second kappa shape index (κ2) is 56.0. The highest BCUT2D eigenvalue weighted by Gasteiger charge is 2.27. The van der Waals surface area contributed by atoms with Crippen molar-refractivity contribution in [3.8, 4) is 0 Å². The maximum Gasteiger partial charge on any atom is 0.306 e. The van der Waals surface area contributed by atoms with Crippen molar-refractivity contribution in [2.24, 2.45) is 0 Å². The second-order valence-corrected chi connectivity index (χ2v) is 24.3. The number of ether oxygens (including phenoxy) is 1. The van der Waals surface area contributed by atoms with Gasteiger partial charge in [-0.1, -0.05) is 249 Å². The smallest absolute Gasteiger partial charge is 0.306 e. The van der Waals surface area contributed by atoms with E-state index in [0.717, 1.165) is 96.3 Å². The highest BCUT2D eigenvalue weighted by atomic mass is 31.2. The number of carbonyl (C=O) groups is 2. The number of hydrogen-bond donors (Lipinski definition) is 1. The van der Waals surface area contributed by atoms with E-state index in [1.807, 2.05) is 33.3 Å². The SMILES string of the molecule is CCCCC/C=C\C/C=C\C/C=C\CCCCCCCCCCC(=O)OC(/C=C/CCCCCCCCCCCC)C(COP(=O)([O-])OCC[N+](C)(C)C)NC(=O)CCCCCCCCC/C=C/CCCCCCCC. The Balaban J connectivity index is 5.23. The van der Waals surface area contributed by atoms with Crippen molar-refractivity contribution in [3.05, 3.63) is 60.8 Å². The van der Waals surface area contributed by atoms with Gasteiger partial charge in [0.25, 0.3) is 7.82 Å². The van der Waals surface area contributed by atoms with Crippen LogP contribution >= 0.6 is 7.82 Å². The zero-order valence-corrected chi connectivity index (χ0v) is 51.6. The lowest BCUT2D eigenvalue weighted by Gasteiger charge is -2.30. The van der Waals surface area contributed by atoms with Gasteiger partial charge in [-0.25, -0.2) is 0 Å². The van der Waals surface area contributed by atoms with Crippen LogP contribution in [0.25, 0.3) is 0 Å². The molecule has 0 aliphatic heterocycles. The van der Waals surface area contributed by atoms with Crippen LogP contribution in [0.15, 0.2) is 60.8 Å². The first-order valence-corrected chi connectivity index (χ1v) is 33.6. The van der Waals surface area contributed by atoms with Crippen LogP contribution in [-0.2, 0) is 27.9 Å². The number of likely N-dealkylation sites (N-methyl/N-ethyl adjacent to an activating group) is 1. The summed E-state index contributed by atoms with van der Waals surface area (Å²) in [5.41, 5.74) is 0. The molecular weight excluding hydrogens is 964 g/mol. The summed E-state index contributed by atoms with van der Waals surface area (Å²) in [6, 6.07) is -0.894. The Kier molecular flexibility index (Phi) is 54.3. The number of phosphoric acid groups is 1. The Morgan fingerprint density at radius 1 is 0.461 bits per heavy atom. The lowest BCUT2D eigenvalue weighted by molar-refractivity contribution is -0.870. The number of phosphoric ester groups is 1. The van der Waals surface area contributed by atoms with Gasteiger partial charge in [0.15, 0.2) is 0 Å². The summed E-state index contributed by atoms with van der Waals surface area (Å²) in [5, 5.41) is 3.03. The summed E-state index contributed by atoms with van der Waals surface area (Å²) in [5.74, 6) is -0.548. The number of rotatable bonds is 58. The summed E-state index contributed by atoms with van der Waals surface area (Å²) in [4.78, 5) is 40.0. The minimum atomic E-state index is -4.70. The highest BCUT2D eigenvalue weighted by molar-refractivity contribution is 7.45. The van der Waals surface area contributed by atoms with Crippen molar-refractivity contribution in [1.82, 2.24) is 5.32 Å². The number of amides is 1. The van der Waals surface area contributed by atoms with Crippen molar-refractivity contribution < 1.29 is 37.3 Å². The van der Waals surface area contributed by atoms with Gasteiger partial charge in [0.05, 0.1) is 33.8 Å². The molecule has 0 spiro atoms. The maximum atomic E-state index is 13.5. The molecule has 0 fully saturated rings. The van der Waals surface area contributed by atoms with Crippen molar-refractivity contribution in [2.45, 2.75) is 309 Å². The standard InChI is InChI=1S/C66H123N2O7P/c1-7-10-13-16-19-22-25-28-30-32-33-34-35-37-39-41-44-47-50-53-56-59-66(70)75-64(57-54-51-48-45-42-27-24-21-18-15-12-9-3)63(62-74-76(71,72)73-61-60-68(4,5)6)67-65(69)58-55-52-49-46-43-40-38-36-31-29-26-23-20-17-14-11-8-2/h19,22,28-31,33-34,54,57,63-64H,7-18,20-21,23-27,32,35-53,55-56,58-62H2,1-6H3,(H-,67,69,71,72)/b22-19-,30-28-,31-29+,34-33-,57-54+. The fraction of sp³-hybridized carbons (Fsp3) is 0.818. The summed E-state index contributed by atoms with van der Waals surface area (Å²) in [6.45, 7) is 6.82. The fourth-order valence-corrected chi connectivity index (χ4v) is 9.89. The Morgan fingerprint density at radius 3 is 1.24 bits per heavy atom. The lowest BCUT2D eigenvalue weighted by atomic mass is 10.0. The molecule has 9 nitrogen and oxygen atoms in total. The Hall–Kier alpha value is -2.29. The summed E-state index contributed by atoms with van der Waals surface area (Å²) >= 11 is 0. The molecule has 0 radical (unpaired) electrons. The topological polar surface area (TPSA) is 114 Å². The highest BCUT2D eigenvalue weighted by Crippen LogP contribution is 2.38. The van der Waals surface area contributed by atoms with Gasteiger partial charge in [0, 0.05) is 12.8 Å². The normalized spacial score (nSPS) is 14.0. The van der Waals surface area contributed by atoms with Crippen molar-refractivity contribution in [1.29, 1.82) is 0 Å². The number of esters is 1. The molecule has 0 saturated carbocycles. The number of nitrogens with zero attached hydrogens (tertiary/aromatic N) is 1. The van der Waals surface area contributed by atoms with Crippen LogP contribution in [0, 0.1) is 0 Å². The van der Waals surface area contributed by atoms with Gasteiger partial charge in [-0.3, -0.25) is 14.2 Å². The molecule has 3 unspecified atom stereocenters. The van der Waals surface area contributed by atoms with E-state index in [1.54, 1.807) is 0 Å². The van der Waals surface area contributed by atoms with Gasteiger partial charge in [-0.15, -0.1) is 0 Å². The molecular formula is C66H123N2O7P. The van der Waals surface area contributed by atoms with Crippen LogP contribution in [0.5, 0.6) is 0 Å². The molecule has 0 bridgehead atoms. The quantitative estimate of drug-likeness (QED) is 0.0212. The van der Waals surface area contributed by atoms with Crippen LogP contribution < -0.4 is 10.2 Å². The van der Waals surface area contributed by atoms with Crippen LogP contribution in [0.1, 0.15) is 297 Å². The van der Waals surface area contributed by atoms with E-state index in [0.29, 0.717) is 17.4 Å². The first-order chi connectivity index (χ1) is 36.9. The third-order valence-corrected chi connectivity index (χ3v) is 15.1. The zero-order valence-electron chi connectivity index (χ0n) is 50.7. The van der Waals surface area contributed by atoms with Crippen molar-refractivity contribution in [3.63, 3.8) is 0 Å². The number of quaternary nitrogens is 1. The number of allylic oxidation sites excluding steroid dienone is 9. The van der Waals surface area contributed by atoms with Crippen LogP contribution in [0.3, 0.4) is 0 Å². The molecule has 0 aliphatic rings. The van der Waals surface area contributed by atoms with Gasteiger partial charge < -0.3 is 28.5 Å². The van der Waals surface area contributed by atoms with E-state index in [4.69, 9.17) is 13.8 Å². The van der Waals surface area contributed by atoms with E-state index < -0.39 is 26.6 Å². The van der Waals surface area contributed by atoms with Gasteiger partial charge in [-0.05, 0) is 96.0 Å². The first-order valence-electron chi connectivity index (χ1n) is 32.1. The number of hydrogen-bond acceptors (Lipinski definition) is 7. The Bertz CT molecular complexity index is 1490. The van der Waals surface area contributed by atoms with Crippen molar-refractivity contribution >= 4 is 19.7 Å². The van der Waals surface area contributed by atoms with E-state index >= 15 is 0 Å². The molecule has 1 amide bonds. The predicted molar refractivity (Wildman–Crippen MR) is 325 cm³/mol. The monoisotopic (exact) mass is 1090 g/mol. The zero-order chi connectivity index (χ0) is 55.7. The van der Waals surface area contributed by atoms with Gasteiger partial charge in [0.1, 0.15) is 19.3 Å². The third kappa shape index (κ3) is 56.4. The molecule has 0 aromatic rings. The molecule has 0 rings (SSSR count). The van der Waals surface area contributed by atoms with Crippen LogP contribution in [0.4, 0.5) is 0 Å². The molecule has 0 heterocycles. The minimum absolute atomic E-state index is 0.0251. The van der Waals surface area contributed by atoms with E-state index in [-0.39, 0.29) is 24.9 Å². The molecule has 76 heavy (non-hydrogen) atoms. The van der Waals surface area contributed by atoms with Crippen molar-refractivity contribution in [2.75, 3.05) is 40.9 Å². The summed E-state index contributed by atoms with van der Waals surface area (Å²) < 4.78 is 30.3. The molecule has 0 aromatic carbocycles. The van der Waals surface area contributed by atoms with Gasteiger partial charge in [0.2, 0.25) is 5.91 Å². The van der Waals surface area contributed by atoms with Gasteiger partial charge in [-0.2, -0.15) is 0 Å². The molecule has 3 atom stereocenters. The van der Waals surface area contributed by atoms with E-state index in [9.17, 15) is 19.0 Å². The minimum Gasteiger partial charge on any atom is -0.756 e. The third-order valence-electron chi connectivity index (χ3n) is 14.2. The lowest BCUT2D eigenvalue weighted by Crippen LogP contribution is -2.47. The number of unbranched alkanes of at least 4 members (excludes halogenated alkanes) is 34. The molecule has 0 saturated heterocycles. The molecule has 444 valence electrons. The fourth-order valence-electron chi connectivity index (χ4n) is 9.17. The predicted octanol–water partition coefficient (Wildman–Crippen LogP) is 19.2. The molecule has 10 heteroatoms. The summed E-state index contributed by atoms with van der Waals surface area (Å²) in [6.07, 6.45) is 70.4. The van der Waals surface area contributed by atoms with E-state index in [2.05, 4.69) is 74.7 Å². The average Bonchev–Trinajstić information content (AvgIpc) is 3.38. The Labute approximate surface area is 471 Å². The molecule has 0 aromatic heterocycles. The molecule has 1 N–H and O–H groups in total.